The monoisotopic (exact) mass is 388 g/mol. The van der Waals surface area contributed by atoms with Crippen LogP contribution in [0, 0.1) is 0 Å². The molecule has 9 heteroatoms. The fraction of sp³-hybridized carbons (Fsp3) is 0.444. The van der Waals surface area contributed by atoms with Gasteiger partial charge in [-0.25, -0.2) is 4.39 Å². The first-order valence-electron chi connectivity index (χ1n) is 8.40. The number of carbonyl (C=O) groups is 2. The summed E-state index contributed by atoms with van der Waals surface area (Å²) in [5.74, 6) is -0.803. The largest absolute Gasteiger partial charge is 0.489 e. The second-order valence-corrected chi connectivity index (χ2v) is 6.10. The van der Waals surface area contributed by atoms with Gasteiger partial charge in [-0.1, -0.05) is 6.92 Å². The molecule has 0 aromatic heterocycles. The maximum absolute atomic E-state index is 12.6. The minimum absolute atomic E-state index is 0.102. The Bertz CT molecular complexity index is 732. The van der Waals surface area contributed by atoms with Gasteiger partial charge >= 0.3 is 6.18 Å². The molecule has 1 aromatic carbocycles. The van der Waals surface area contributed by atoms with Crippen molar-refractivity contribution >= 4 is 11.8 Å². The van der Waals surface area contributed by atoms with E-state index in [4.69, 9.17) is 4.74 Å². The Hall–Kier alpha value is -2.58. The Morgan fingerprint density at radius 2 is 2.11 bits per heavy atom. The second kappa shape index (κ2) is 8.88. The minimum atomic E-state index is -4.50. The summed E-state index contributed by atoms with van der Waals surface area (Å²) in [6, 6.07) is 4.78. The summed E-state index contributed by atoms with van der Waals surface area (Å²) >= 11 is 0. The molecule has 0 bridgehead atoms. The smallest absolute Gasteiger partial charge is 0.405 e. The van der Waals surface area contributed by atoms with Gasteiger partial charge in [0, 0.05) is 12.1 Å². The van der Waals surface area contributed by atoms with E-state index in [9.17, 15) is 27.2 Å². The molecular formula is C18H20F4N2O3. The third kappa shape index (κ3) is 5.97. The number of halogens is 4. The van der Waals surface area contributed by atoms with Crippen LogP contribution < -0.4 is 10.1 Å². The number of hydrogen-bond donors (Lipinski definition) is 1. The van der Waals surface area contributed by atoms with Crippen molar-refractivity contribution in [2.75, 3.05) is 26.2 Å². The summed E-state index contributed by atoms with van der Waals surface area (Å²) in [5, 5.41) is 1.75. The molecule has 0 spiro atoms. The van der Waals surface area contributed by atoms with Crippen LogP contribution in [0.1, 0.15) is 29.3 Å². The molecule has 1 N–H and O–H groups in total. The van der Waals surface area contributed by atoms with Gasteiger partial charge in [-0.2, -0.15) is 13.2 Å². The third-order valence-corrected chi connectivity index (χ3v) is 4.10. The molecule has 0 fully saturated rings. The molecule has 0 atom stereocenters. The molecule has 0 saturated carbocycles. The van der Waals surface area contributed by atoms with Crippen LogP contribution in [0.25, 0.3) is 0 Å². The Labute approximate surface area is 154 Å². The molecule has 1 aromatic rings. The van der Waals surface area contributed by atoms with Gasteiger partial charge in [-0.15, -0.1) is 0 Å². The van der Waals surface area contributed by atoms with Crippen LogP contribution in [0.3, 0.4) is 0 Å². The molecule has 1 aliphatic rings. The molecular weight excluding hydrogens is 368 g/mol. The number of fused-ring (bicyclic) bond motifs is 1. The van der Waals surface area contributed by atoms with E-state index >= 15 is 0 Å². The molecule has 5 nitrogen and oxygen atoms in total. The Morgan fingerprint density at radius 3 is 2.74 bits per heavy atom. The van der Waals surface area contributed by atoms with Gasteiger partial charge in [0.25, 0.3) is 5.91 Å². The highest BCUT2D eigenvalue weighted by atomic mass is 19.4. The van der Waals surface area contributed by atoms with E-state index < -0.39 is 31.1 Å². The van der Waals surface area contributed by atoms with Crippen molar-refractivity contribution < 1.29 is 31.9 Å². The third-order valence-electron chi connectivity index (χ3n) is 4.10. The number of nitrogens with zero attached hydrogens (tertiary/aromatic N) is 1. The lowest BCUT2D eigenvalue weighted by molar-refractivity contribution is -0.138. The van der Waals surface area contributed by atoms with E-state index in [0.717, 1.165) is 0 Å². The maximum atomic E-state index is 12.6. The molecule has 2 rings (SSSR count). The van der Waals surface area contributed by atoms with Gasteiger partial charge in [0.1, 0.15) is 18.9 Å². The number of carbonyl (C=O) groups excluding carboxylic acids is 2. The number of benzene rings is 1. The zero-order chi connectivity index (χ0) is 20.0. The molecule has 1 aliphatic heterocycles. The normalized spacial score (nSPS) is 14.8. The van der Waals surface area contributed by atoms with E-state index in [1.165, 1.54) is 11.0 Å². The summed E-state index contributed by atoms with van der Waals surface area (Å²) in [5.41, 5.74) is 1.58. The molecule has 0 unspecified atom stereocenters. The summed E-state index contributed by atoms with van der Waals surface area (Å²) < 4.78 is 54.5. The van der Waals surface area contributed by atoms with Gasteiger partial charge in [-0.05, 0) is 42.2 Å². The Kier molecular flexibility index (Phi) is 6.81. The highest BCUT2D eigenvalue weighted by Gasteiger charge is 2.30. The fourth-order valence-electron chi connectivity index (χ4n) is 2.57. The maximum Gasteiger partial charge on any atom is 0.405 e. The number of rotatable bonds is 7. The topological polar surface area (TPSA) is 58.6 Å². The first-order chi connectivity index (χ1) is 12.7. The van der Waals surface area contributed by atoms with Crippen LogP contribution in [0.5, 0.6) is 5.75 Å². The molecule has 0 aliphatic carbocycles. The van der Waals surface area contributed by atoms with Gasteiger partial charge in [0.05, 0.1) is 12.9 Å². The molecule has 0 saturated heterocycles. The lowest BCUT2D eigenvalue weighted by Gasteiger charge is -2.28. The van der Waals surface area contributed by atoms with Crippen molar-refractivity contribution in [3.05, 3.63) is 41.2 Å². The van der Waals surface area contributed by atoms with Gasteiger partial charge < -0.3 is 15.0 Å². The van der Waals surface area contributed by atoms with Crippen molar-refractivity contribution in [1.82, 2.24) is 10.2 Å². The van der Waals surface area contributed by atoms with Gasteiger partial charge in [0.2, 0.25) is 5.91 Å². The molecule has 1 heterocycles. The quantitative estimate of drug-likeness (QED) is 0.731. The lowest BCUT2D eigenvalue weighted by Crippen LogP contribution is -2.45. The highest BCUT2D eigenvalue weighted by molar-refractivity contribution is 5.98. The SMILES string of the molecule is CC/C(=C\F)COc1ccc2c(c1)CCN(CC(=O)NCC(F)(F)F)C2=O. The van der Waals surface area contributed by atoms with E-state index in [0.29, 0.717) is 41.6 Å². The molecule has 148 valence electrons. The summed E-state index contributed by atoms with van der Waals surface area (Å²) in [6.07, 6.45) is -3.04. The Balaban J connectivity index is 1.98. The number of nitrogens with one attached hydrogen (secondary N) is 1. The van der Waals surface area contributed by atoms with Crippen LogP contribution in [-0.4, -0.2) is 49.1 Å². The average Bonchev–Trinajstić information content (AvgIpc) is 2.62. The van der Waals surface area contributed by atoms with Crippen molar-refractivity contribution in [2.45, 2.75) is 25.9 Å². The molecule has 27 heavy (non-hydrogen) atoms. The minimum Gasteiger partial charge on any atom is -0.489 e. The summed E-state index contributed by atoms with van der Waals surface area (Å²) in [6.45, 7) is 0.246. The van der Waals surface area contributed by atoms with Crippen molar-refractivity contribution in [3.63, 3.8) is 0 Å². The predicted octanol–water partition coefficient (Wildman–Crippen LogP) is 3.01. The summed E-state index contributed by atoms with van der Waals surface area (Å²) in [7, 11) is 0. The van der Waals surface area contributed by atoms with Crippen LogP contribution in [0.2, 0.25) is 0 Å². The zero-order valence-electron chi connectivity index (χ0n) is 14.7. The van der Waals surface area contributed by atoms with Crippen molar-refractivity contribution in [1.29, 1.82) is 0 Å². The number of alkyl halides is 3. The van der Waals surface area contributed by atoms with Crippen LogP contribution in [0.15, 0.2) is 30.1 Å². The van der Waals surface area contributed by atoms with Crippen LogP contribution >= 0.6 is 0 Å². The number of amides is 2. The molecule has 0 radical (unpaired) electrons. The van der Waals surface area contributed by atoms with Gasteiger partial charge in [0.15, 0.2) is 0 Å². The van der Waals surface area contributed by atoms with Crippen molar-refractivity contribution in [3.8, 4) is 5.75 Å². The van der Waals surface area contributed by atoms with E-state index in [2.05, 4.69) is 0 Å². The standard InChI is InChI=1S/C18H20F4N2O3/c1-2-12(8-19)10-27-14-3-4-15-13(7-14)5-6-24(17(15)26)9-16(25)23-11-18(20,21)22/h3-4,7-8H,2,5-6,9-11H2,1H3,(H,23,25)/b12-8+. The fourth-order valence-corrected chi connectivity index (χ4v) is 2.57. The van der Waals surface area contributed by atoms with Crippen LogP contribution in [-0.2, 0) is 11.2 Å². The Morgan fingerprint density at radius 1 is 1.37 bits per heavy atom. The summed E-state index contributed by atoms with van der Waals surface area (Å²) in [4.78, 5) is 25.3. The molecule has 2 amide bonds. The number of hydrogen-bond acceptors (Lipinski definition) is 3. The average molecular weight is 388 g/mol. The zero-order valence-corrected chi connectivity index (χ0v) is 14.7. The van der Waals surface area contributed by atoms with E-state index in [1.807, 2.05) is 0 Å². The predicted molar refractivity (Wildman–Crippen MR) is 90.1 cm³/mol. The first kappa shape index (κ1) is 20.7. The van der Waals surface area contributed by atoms with E-state index in [1.54, 1.807) is 24.4 Å². The van der Waals surface area contributed by atoms with Crippen LogP contribution in [0.4, 0.5) is 17.6 Å². The number of ether oxygens (including phenoxy) is 1. The van der Waals surface area contributed by atoms with E-state index in [-0.39, 0.29) is 13.2 Å². The van der Waals surface area contributed by atoms with Crippen molar-refractivity contribution in [2.24, 2.45) is 0 Å². The second-order valence-electron chi connectivity index (χ2n) is 6.10. The lowest BCUT2D eigenvalue weighted by atomic mass is 9.98. The highest BCUT2D eigenvalue weighted by Crippen LogP contribution is 2.24. The van der Waals surface area contributed by atoms with Gasteiger partial charge in [-0.3, -0.25) is 9.59 Å². The first-order valence-corrected chi connectivity index (χ1v) is 8.40.